The first-order valence-electron chi connectivity index (χ1n) is 4.70. The lowest BCUT2D eigenvalue weighted by Crippen LogP contribution is -2.18. The highest BCUT2D eigenvalue weighted by Crippen LogP contribution is 2.27. The fourth-order valence-corrected chi connectivity index (χ4v) is 1.77. The van der Waals surface area contributed by atoms with Gasteiger partial charge in [-0.15, -0.1) is 0 Å². The number of benzene rings is 1. The van der Waals surface area contributed by atoms with Gasteiger partial charge in [0.25, 0.3) is 0 Å². The Morgan fingerprint density at radius 3 is 2.94 bits per heavy atom. The normalized spacial score (nSPS) is 12.7. The maximum atomic E-state index is 13.2. The van der Waals surface area contributed by atoms with Gasteiger partial charge in [0.1, 0.15) is 11.5 Å². The van der Waals surface area contributed by atoms with E-state index in [1.54, 1.807) is 13.2 Å². The third-order valence-electron chi connectivity index (χ3n) is 2.29. The van der Waals surface area contributed by atoms with Crippen molar-refractivity contribution in [3.8, 4) is 0 Å². The minimum absolute atomic E-state index is 0.276. The molecule has 0 saturated carbocycles. The Labute approximate surface area is 96.8 Å². The molecule has 0 aliphatic heterocycles. The number of hydrogen-bond acceptors (Lipinski definition) is 3. The second-order valence-electron chi connectivity index (χ2n) is 3.28. The van der Waals surface area contributed by atoms with Crippen molar-refractivity contribution in [2.24, 2.45) is 0 Å². The Morgan fingerprint density at radius 1 is 1.50 bits per heavy atom. The van der Waals surface area contributed by atoms with E-state index in [1.165, 1.54) is 18.2 Å². The predicted octanol–water partition coefficient (Wildman–Crippen LogP) is 1.91. The number of aromatic nitrogens is 3. The van der Waals surface area contributed by atoms with Crippen LogP contribution in [0.1, 0.15) is 17.3 Å². The summed E-state index contributed by atoms with van der Waals surface area (Å²) in [6.07, 6.45) is 1.57. The summed E-state index contributed by atoms with van der Waals surface area (Å²) >= 11 is 6.02. The third kappa shape index (κ3) is 2.05. The van der Waals surface area contributed by atoms with Gasteiger partial charge in [0.15, 0.2) is 0 Å². The first-order chi connectivity index (χ1) is 7.72. The predicted molar refractivity (Wildman–Crippen MR) is 58.7 cm³/mol. The molecule has 0 aliphatic rings. The van der Waals surface area contributed by atoms with Crippen LogP contribution in [0, 0.1) is 5.82 Å². The Bertz CT molecular complexity index is 472. The standard InChI is InChI=1S/C10H10ClFN4/c1-13-10(9-5-14-16-15-9)7-4-6(12)2-3-8(7)11/h2-5,10,13H,1H3,(H,14,15,16). The van der Waals surface area contributed by atoms with Crippen molar-refractivity contribution < 1.29 is 4.39 Å². The highest BCUT2D eigenvalue weighted by molar-refractivity contribution is 6.31. The number of nitrogens with zero attached hydrogens (tertiary/aromatic N) is 2. The van der Waals surface area contributed by atoms with Crippen LogP contribution in [0.15, 0.2) is 24.4 Å². The molecule has 0 radical (unpaired) electrons. The molecule has 84 valence electrons. The van der Waals surface area contributed by atoms with Crippen molar-refractivity contribution in [3.05, 3.63) is 46.5 Å². The van der Waals surface area contributed by atoms with Gasteiger partial charge in [-0.1, -0.05) is 11.6 Å². The molecule has 6 heteroatoms. The second-order valence-corrected chi connectivity index (χ2v) is 3.69. The molecule has 2 rings (SSSR count). The van der Waals surface area contributed by atoms with E-state index in [0.29, 0.717) is 16.3 Å². The lowest BCUT2D eigenvalue weighted by molar-refractivity contribution is 0.613. The van der Waals surface area contributed by atoms with Crippen molar-refractivity contribution in [2.45, 2.75) is 6.04 Å². The molecule has 0 bridgehead atoms. The summed E-state index contributed by atoms with van der Waals surface area (Å²) in [6.45, 7) is 0. The van der Waals surface area contributed by atoms with Crippen molar-refractivity contribution in [2.75, 3.05) is 7.05 Å². The van der Waals surface area contributed by atoms with Crippen molar-refractivity contribution in [1.82, 2.24) is 20.7 Å². The largest absolute Gasteiger partial charge is 0.308 e. The molecule has 1 atom stereocenters. The van der Waals surface area contributed by atoms with Crippen LogP contribution in [0.4, 0.5) is 4.39 Å². The summed E-state index contributed by atoms with van der Waals surface area (Å²) in [4.78, 5) is 0. The maximum absolute atomic E-state index is 13.2. The van der Waals surface area contributed by atoms with Crippen molar-refractivity contribution in [3.63, 3.8) is 0 Å². The molecule has 2 aromatic rings. The van der Waals surface area contributed by atoms with Crippen LogP contribution >= 0.6 is 11.6 Å². The van der Waals surface area contributed by atoms with Gasteiger partial charge in [-0.2, -0.15) is 15.4 Å². The van der Waals surface area contributed by atoms with Crippen LogP contribution in [-0.4, -0.2) is 22.5 Å². The van der Waals surface area contributed by atoms with E-state index in [0.717, 1.165) is 0 Å². The molecule has 0 spiro atoms. The zero-order valence-electron chi connectivity index (χ0n) is 8.54. The van der Waals surface area contributed by atoms with Gasteiger partial charge in [0.05, 0.1) is 12.2 Å². The third-order valence-corrected chi connectivity index (χ3v) is 2.63. The maximum Gasteiger partial charge on any atom is 0.123 e. The first-order valence-corrected chi connectivity index (χ1v) is 5.08. The summed E-state index contributed by atoms with van der Waals surface area (Å²) in [7, 11) is 1.75. The molecular weight excluding hydrogens is 231 g/mol. The molecule has 0 aliphatic carbocycles. The quantitative estimate of drug-likeness (QED) is 0.862. The van der Waals surface area contributed by atoms with E-state index in [9.17, 15) is 4.39 Å². The van der Waals surface area contributed by atoms with E-state index in [2.05, 4.69) is 20.7 Å². The summed E-state index contributed by atoms with van der Waals surface area (Å²) in [5.74, 6) is -0.330. The molecule has 1 aromatic carbocycles. The number of rotatable bonds is 3. The van der Waals surface area contributed by atoms with E-state index >= 15 is 0 Å². The second kappa shape index (κ2) is 4.59. The van der Waals surface area contributed by atoms with Crippen LogP contribution in [0.2, 0.25) is 5.02 Å². The fraction of sp³-hybridized carbons (Fsp3) is 0.200. The molecule has 1 aromatic heterocycles. The Hall–Kier alpha value is -1.46. The lowest BCUT2D eigenvalue weighted by atomic mass is 10.0. The number of nitrogens with one attached hydrogen (secondary N) is 2. The zero-order valence-corrected chi connectivity index (χ0v) is 9.29. The van der Waals surface area contributed by atoms with Crippen LogP contribution in [0.25, 0.3) is 0 Å². The van der Waals surface area contributed by atoms with Gasteiger partial charge in [-0.05, 0) is 30.8 Å². The minimum Gasteiger partial charge on any atom is -0.308 e. The van der Waals surface area contributed by atoms with Crippen LogP contribution in [0.3, 0.4) is 0 Å². The highest BCUT2D eigenvalue weighted by Gasteiger charge is 2.18. The number of H-pyrrole nitrogens is 1. The summed E-state index contributed by atoms with van der Waals surface area (Å²) < 4.78 is 13.2. The van der Waals surface area contributed by atoms with Crippen molar-refractivity contribution >= 4 is 11.6 Å². The molecular formula is C10H10ClFN4. The number of halogens is 2. The van der Waals surface area contributed by atoms with E-state index in [4.69, 9.17) is 11.6 Å². The highest BCUT2D eigenvalue weighted by atomic mass is 35.5. The summed E-state index contributed by atoms with van der Waals surface area (Å²) in [6, 6.07) is 3.96. The zero-order chi connectivity index (χ0) is 11.5. The van der Waals surface area contributed by atoms with Gasteiger partial charge >= 0.3 is 0 Å². The van der Waals surface area contributed by atoms with Gasteiger partial charge in [-0.25, -0.2) is 4.39 Å². The Kier molecular flexibility index (Phi) is 3.17. The summed E-state index contributed by atoms with van der Waals surface area (Å²) in [5, 5.41) is 13.7. The van der Waals surface area contributed by atoms with Crippen LogP contribution in [-0.2, 0) is 0 Å². The summed E-state index contributed by atoms with van der Waals surface area (Å²) in [5.41, 5.74) is 1.30. The molecule has 1 unspecified atom stereocenters. The molecule has 1 heterocycles. The first kappa shape index (κ1) is 11.0. The molecule has 0 amide bonds. The lowest BCUT2D eigenvalue weighted by Gasteiger charge is -2.15. The van der Waals surface area contributed by atoms with Crippen LogP contribution < -0.4 is 5.32 Å². The number of hydrogen-bond donors (Lipinski definition) is 2. The van der Waals surface area contributed by atoms with E-state index in [-0.39, 0.29) is 11.9 Å². The van der Waals surface area contributed by atoms with Gasteiger partial charge < -0.3 is 5.32 Å². The van der Waals surface area contributed by atoms with E-state index in [1.807, 2.05) is 0 Å². The minimum atomic E-state index is -0.330. The molecule has 16 heavy (non-hydrogen) atoms. The average Bonchev–Trinajstić information content (AvgIpc) is 2.78. The van der Waals surface area contributed by atoms with Gasteiger partial charge in [-0.3, -0.25) is 0 Å². The fourth-order valence-electron chi connectivity index (χ4n) is 1.55. The molecule has 0 saturated heterocycles. The van der Waals surface area contributed by atoms with E-state index < -0.39 is 0 Å². The number of aromatic amines is 1. The Balaban J connectivity index is 2.44. The topological polar surface area (TPSA) is 53.6 Å². The monoisotopic (exact) mass is 240 g/mol. The smallest absolute Gasteiger partial charge is 0.123 e. The molecule has 4 nitrogen and oxygen atoms in total. The van der Waals surface area contributed by atoms with Crippen LogP contribution in [0.5, 0.6) is 0 Å². The average molecular weight is 241 g/mol. The molecule has 2 N–H and O–H groups in total. The van der Waals surface area contributed by atoms with Crippen molar-refractivity contribution in [1.29, 1.82) is 0 Å². The Morgan fingerprint density at radius 2 is 2.31 bits per heavy atom. The van der Waals surface area contributed by atoms with Gasteiger partial charge in [0, 0.05) is 5.02 Å². The SMILES string of the molecule is CNC(c1cn[nH]n1)c1cc(F)ccc1Cl. The molecule has 0 fully saturated rings. The van der Waals surface area contributed by atoms with Gasteiger partial charge in [0.2, 0.25) is 0 Å².